The number of aryl methyl sites for hydroxylation is 1. The highest BCUT2D eigenvalue weighted by Crippen LogP contribution is 2.22. The Kier molecular flexibility index (Phi) is 3.04. The summed E-state index contributed by atoms with van der Waals surface area (Å²) in [6, 6.07) is 5.09. The van der Waals surface area contributed by atoms with E-state index in [4.69, 9.17) is 0 Å². The lowest BCUT2D eigenvalue weighted by atomic mass is 10.2. The first-order valence-electron chi connectivity index (χ1n) is 5.13. The number of aromatic nitrogens is 2. The lowest BCUT2D eigenvalue weighted by Crippen LogP contribution is -2.00. The summed E-state index contributed by atoms with van der Waals surface area (Å²) < 4.78 is 0. The summed E-state index contributed by atoms with van der Waals surface area (Å²) in [5, 5.41) is 20.4. The minimum Gasteiger partial charge on any atom is -0.381 e. The van der Waals surface area contributed by atoms with Gasteiger partial charge in [-0.05, 0) is 13.0 Å². The van der Waals surface area contributed by atoms with Gasteiger partial charge in [-0.15, -0.1) is 0 Å². The van der Waals surface area contributed by atoms with Crippen LogP contribution in [-0.4, -0.2) is 15.1 Å². The van der Waals surface area contributed by atoms with Gasteiger partial charge in [-0.25, -0.2) is 0 Å². The van der Waals surface area contributed by atoms with Crippen LogP contribution in [0.15, 0.2) is 30.6 Å². The number of nitro benzene ring substituents is 1. The molecule has 0 saturated carbocycles. The lowest BCUT2D eigenvalue weighted by molar-refractivity contribution is -0.385. The number of hydrogen-bond acceptors (Lipinski definition) is 4. The molecule has 0 radical (unpaired) electrons. The van der Waals surface area contributed by atoms with Gasteiger partial charge in [0.15, 0.2) is 0 Å². The number of nitrogens with one attached hydrogen (secondary N) is 2. The molecule has 0 saturated heterocycles. The van der Waals surface area contributed by atoms with Crippen molar-refractivity contribution in [3.63, 3.8) is 0 Å². The van der Waals surface area contributed by atoms with Crippen molar-refractivity contribution in [2.24, 2.45) is 0 Å². The third-order valence-corrected chi connectivity index (χ3v) is 2.46. The van der Waals surface area contributed by atoms with E-state index in [1.165, 1.54) is 6.07 Å². The molecule has 0 spiro atoms. The third kappa shape index (κ3) is 2.60. The van der Waals surface area contributed by atoms with Crippen molar-refractivity contribution in [3.05, 3.63) is 51.8 Å². The summed E-state index contributed by atoms with van der Waals surface area (Å²) in [6.45, 7) is 2.30. The van der Waals surface area contributed by atoms with Gasteiger partial charge < -0.3 is 5.32 Å². The first kappa shape index (κ1) is 11.1. The smallest absolute Gasteiger partial charge is 0.274 e. The first-order chi connectivity index (χ1) is 8.16. The van der Waals surface area contributed by atoms with E-state index in [1.807, 2.05) is 6.07 Å². The molecule has 0 aliphatic rings. The van der Waals surface area contributed by atoms with E-state index in [0.717, 1.165) is 11.3 Å². The fourth-order valence-electron chi connectivity index (χ4n) is 1.49. The van der Waals surface area contributed by atoms with Crippen LogP contribution in [0.2, 0.25) is 0 Å². The molecule has 0 bridgehead atoms. The zero-order chi connectivity index (χ0) is 12.3. The Bertz CT molecular complexity index is 522. The molecule has 2 rings (SSSR count). The minimum absolute atomic E-state index is 0.127. The summed E-state index contributed by atoms with van der Waals surface area (Å²) in [5.41, 5.74) is 2.50. The molecular formula is C11H12N4O2. The fraction of sp³-hybridized carbons (Fsp3) is 0.182. The molecule has 2 N–H and O–H groups in total. The maximum Gasteiger partial charge on any atom is 0.274 e. The number of rotatable bonds is 4. The van der Waals surface area contributed by atoms with E-state index in [-0.39, 0.29) is 10.6 Å². The predicted molar refractivity (Wildman–Crippen MR) is 63.7 cm³/mol. The van der Waals surface area contributed by atoms with Crippen molar-refractivity contribution in [1.29, 1.82) is 0 Å². The molecule has 0 aliphatic heterocycles. The van der Waals surface area contributed by atoms with E-state index in [0.29, 0.717) is 12.1 Å². The van der Waals surface area contributed by atoms with Crippen LogP contribution < -0.4 is 5.32 Å². The summed E-state index contributed by atoms with van der Waals surface area (Å²) in [5.74, 6) is 0. The van der Waals surface area contributed by atoms with Gasteiger partial charge in [-0.1, -0.05) is 6.07 Å². The zero-order valence-electron chi connectivity index (χ0n) is 9.30. The van der Waals surface area contributed by atoms with E-state index in [1.54, 1.807) is 25.4 Å². The van der Waals surface area contributed by atoms with Crippen molar-refractivity contribution in [2.45, 2.75) is 13.5 Å². The van der Waals surface area contributed by atoms with Crippen LogP contribution in [0.5, 0.6) is 0 Å². The standard InChI is InChI=1S/C11H12N4O2/c1-8-2-3-10(4-11(8)15(16)17)12-5-9-6-13-14-7-9/h2-4,6-7,12H,5H2,1H3,(H,13,14). The minimum atomic E-state index is -0.377. The Hall–Kier alpha value is -2.37. The predicted octanol–water partition coefficient (Wildman–Crippen LogP) is 2.24. The fourth-order valence-corrected chi connectivity index (χ4v) is 1.49. The van der Waals surface area contributed by atoms with Crippen molar-refractivity contribution in [2.75, 3.05) is 5.32 Å². The molecule has 0 aliphatic carbocycles. The van der Waals surface area contributed by atoms with Gasteiger partial charge in [-0.2, -0.15) is 5.10 Å². The molecule has 17 heavy (non-hydrogen) atoms. The molecule has 0 unspecified atom stereocenters. The van der Waals surface area contributed by atoms with Crippen LogP contribution in [-0.2, 0) is 6.54 Å². The number of H-pyrrole nitrogens is 1. The van der Waals surface area contributed by atoms with E-state index < -0.39 is 0 Å². The first-order valence-corrected chi connectivity index (χ1v) is 5.13. The highest BCUT2D eigenvalue weighted by atomic mass is 16.6. The summed E-state index contributed by atoms with van der Waals surface area (Å²) in [6.07, 6.45) is 3.48. The Balaban J connectivity index is 2.11. The molecule has 6 heteroatoms. The zero-order valence-corrected chi connectivity index (χ0v) is 9.30. The molecule has 6 nitrogen and oxygen atoms in total. The molecule has 1 aromatic heterocycles. The van der Waals surface area contributed by atoms with Gasteiger partial charge in [0.25, 0.3) is 5.69 Å². The number of hydrogen-bond donors (Lipinski definition) is 2. The van der Waals surface area contributed by atoms with Gasteiger partial charge in [0, 0.05) is 35.6 Å². The molecule has 0 fully saturated rings. The lowest BCUT2D eigenvalue weighted by Gasteiger charge is -2.05. The Morgan fingerprint density at radius 2 is 2.35 bits per heavy atom. The quantitative estimate of drug-likeness (QED) is 0.625. The Labute approximate surface area is 97.8 Å². The average molecular weight is 232 g/mol. The van der Waals surface area contributed by atoms with Crippen LogP contribution in [0, 0.1) is 17.0 Å². The van der Waals surface area contributed by atoms with Crippen LogP contribution in [0.1, 0.15) is 11.1 Å². The molecule has 88 valence electrons. The summed E-state index contributed by atoms with van der Waals surface area (Å²) in [7, 11) is 0. The Morgan fingerprint density at radius 1 is 1.53 bits per heavy atom. The largest absolute Gasteiger partial charge is 0.381 e. The highest BCUT2D eigenvalue weighted by molar-refractivity contribution is 5.54. The van der Waals surface area contributed by atoms with E-state index >= 15 is 0 Å². The second-order valence-corrected chi connectivity index (χ2v) is 3.72. The summed E-state index contributed by atoms with van der Waals surface area (Å²) in [4.78, 5) is 10.4. The molecule has 0 amide bonds. The Morgan fingerprint density at radius 3 is 3.00 bits per heavy atom. The van der Waals surface area contributed by atoms with Crippen LogP contribution in [0.4, 0.5) is 11.4 Å². The molecule has 0 atom stereocenters. The van der Waals surface area contributed by atoms with E-state index in [9.17, 15) is 10.1 Å². The van der Waals surface area contributed by atoms with Gasteiger partial charge >= 0.3 is 0 Å². The van der Waals surface area contributed by atoms with Gasteiger partial charge in [0.05, 0.1) is 11.1 Å². The van der Waals surface area contributed by atoms with Crippen molar-refractivity contribution in [1.82, 2.24) is 10.2 Å². The second-order valence-electron chi connectivity index (χ2n) is 3.72. The number of benzene rings is 1. The van der Waals surface area contributed by atoms with Gasteiger partial charge in [0.2, 0.25) is 0 Å². The molecule has 1 aromatic carbocycles. The van der Waals surface area contributed by atoms with Crippen molar-refractivity contribution in [3.8, 4) is 0 Å². The normalized spacial score (nSPS) is 10.2. The maximum absolute atomic E-state index is 10.8. The number of nitro groups is 1. The van der Waals surface area contributed by atoms with Crippen LogP contribution >= 0.6 is 0 Å². The van der Waals surface area contributed by atoms with Gasteiger partial charge in [0.1, 0.15) is 0 Å². The SMILES string of the molecule is Cc1ccc(NCc2cn[nH]c2)cc1[N+](=O)[O-]. The van der Waals surface area contributed by atoms with Crippen LogP contribution in [0.3, 0.4) is 0 Å². The topological polar surface area (TPSA) is 83.8 Å². The number of nitrogens with zero attached hydrogens (tertiary/aromatic N) is 2. The second kappa shape index (κ2) is 4.65. The third-order valence-electron chi connectivity index (χ3n) is 2.46. The molecular weight excluding hydrogens is 220 g/mol. The highest BCUT2D eigenvalue weighted by Gasteiger charge is 2.10. The van der Waals surface area contributed by atoms with Crippen molar-refractivity contribution < 1.29 is 4.92 Å². The monoisotopic (exact) mass is 232 g/mol. The number of aromatic amines is 1. The molecule has 1 heterocycles. The van der Waals surface area contributed by atoms with E-state index in [2.05, 4.69) is 15.5 Å². The number of anilines is 1. The summed E-state index contributed by atoms with van der Waals surface area (Å²) >= 11 is 0. The van der Waals surface area contributed by atoms with Crippen molar-refractivity contribution >= 4 is 11.4 Å². The maximum atomic E-state index is 10.8. The van der Waals surface area contributed by atoms with Crippen LogP contribution in [0.25, 0.3) is 0 Å². The average Bonchev–Trinajstić information content (AvgIpc) is 2.80. The van der Waals surface area contributed by atoms with Gasteiger partial charge in [-0.3, -0.25) is 15.2 Å². The molecule has 2 aromatic rings.